The average Bonchev–Trinajstić information content (AvgIpc) is 3.60. The van der Waals surface area contributed by atoms with E-state index in [1.54, 1.807) is 4.90 Å². The molecule has 1 N–H and O–H groups in total. The Labute approximate surface area is 251 Å². The lowest BCUT2D eigenvalue weighted by Gasteiger charge is -2.41. The topological polar surface area (TPSA) is 52.7 Å². The minimum atomic E-state index is -1.34. The number of anilines is 2. The van der Waals surface area contributed by atoms with E-state index in [4.69, 9.17) is 0 Å². The normalized spacial score (nSPS) is 25.5. The molecule has 0 saturated carbocycles. The molecule has 5 heteroatoms. The van der Waals surface area contributed by atoms with E-state index in [1.807, 2.05) is 109 Å². The van der Waals surface area contributed by atoms with Crippen LogP contribution in [0.15, 0.2) is 140 Å². The Hall–Kier alpha value is -5.00. The van der Waals surface area contributed by atoms with Gasteiger partial charge in [0.2, 0.25) is 5.91 Å². The lowest BCUT2D eigenvalue weighted by Crippen LogP contribution is -2.62. The van der Waals surface area contributed by atoms with Gasteiger partial charge in [-0.2, -0.15) is 0 Å². The molecule has 5 aromatic carbocycles. The van der Waals surface area contributed by atoms with Gasteiger partial charge in [0.05, 0.1) is 6.54 Å². The summed E-state index contributed by atoms with van der Waals surface area (Å²) in [6.45, 7) is 0.414. The first kappa shape index (κ1) is 25.7. The molecule has 0 aliphatic carbocycles. The zero-order chi connectivity index (χ0) is 29.2. The Kier molecular flexibility index (Phi) is 5.68. The zero-order valence-electron chi connectivity index (χ0n) is 23.9. The highest BCUT2D eigenvalue weighted by Gasteiger charge is 2.78. The molecule has 0 bridgehead atoms. The average molecular weight is 562 g/mol. The molecule has 3 heterocycles. The fourth-order valence-corrected chi connectivity index (χ4v) is 8.10. The van der Waals surface area contributed by atoms with Crippen molar-refractivity contribution in [3.05, 3.63) is 167 Å². The van der Waals surface area contributed by atoms with Gasteiger partial charge in [-0.25, -0.2) is 0 Å². The number of amides is 2. The summed E-state index contributed by atoms with van der Waals surface area (Å²) in [5.41, 5.74) is 3.90. The van der Waals surface area contributed by atoms with Crippen LogP contribution in [0, 0.1) is 0 Å². The number of likely N-dealkylation sites (N-methyl/N-ethyl adjacent to an activating group) is 1. The SMILES string of the molecule is CN1C(=O)[C@]2(N[C@H](c3ccccc3)[C@@H](c3ccccc3)[C@]23C(=O)N(Cc2ccccc2)c2ccccc23)c2ccccc21. The summed E-state index contributed by atoms with van der Waals surface area (Å²) in [7, 11) is 1.83. The van der Waals surface area contributed by atoms with Crippen LogP contribution in [0.25, 0.3) is 0 Å². The molecule has 0 unspecified atom stereocenters. The van der Waals surface area contributed by atoms with Gasteiger partial charge in [-0.3, -0.25) is 14.9 Å². The third kappa shape index (κ3) is 3.31. The first-order chi connectivity index (χ1) is 21.1. The first-order valence-corrected chi connectivity index (χ1v) is 14.8. The predicted octanol–water partition coefficient (Wildman–Crippen LogP) is 6.47. The molecule has 1 fully saturated rings. The van der Waals surface area contributed by atoms with Crippen LogP contribution in [0.5, 0.6) is 0 Å². The fraction of sp³-hybridized carbons (Fsp3) is 0.158. The summed E-state index contributed by atoms with van der Waals surface area (Å²) >= 11 is 0. The number of hydrogen-bond donors (Lipinski definition) is 1. The van der Waals surface area contributed by atoms with Crippen LogP contribution in [0.1, 0.15) is 39.8 Å². The molecule has 3 aliphatic heterocycles. The number of fused-ring (bicyclic) bond motifs is 5. The van der Waals surface area contributed by atoms with Crippen LogP contribution in [-0.4, -0.2) is 18.9 Å². The van der Waals surface area contributed by atoms with Gasteiger partial charge < -0.3 is 9.80 Å². The van der Waals surface area contributed by atoms with Gasteiger partial charge in [-0.05, 0) is 34.4 Å². The van der Waals surface area contributed by atoms with Gasteiger partial charge in [0.25, 0.3) is 5.91 Å². The van der Waals surface area contributed by atoms with Crippen molar-refractivity contribution in [2.45, 2.75) is 29.5 Å². The zero-order valence-corrected chi connectivity index (χ0v) is 23.9. The molecule has 43 heavy (non-hydrogen) atoms. The molecule has 3 aliphatic rings. The Bertz CT molecular complexity index is 1860. The second-order valence-corrected chi connectivity index (χ2v) is 11.8. The highest BCUT2D eigenvalue weighted by molar-refractivity contribution is 6.19. The van der Waals surface area contributed by atoms with Crippen LogP contribution < -0.4 is 15.1 Å². The molecular weight excluding hydrogens is 530 g/mol. The number of nitrogens with zero attached hydrogens (tertiary/aromatic N) is 2. The molecule has 8 rings (SSSR count). The molecule has 5 nitrogen and oxygen atoms in total. The molecule has 210 valence electrons. The lowest BCUT2D eigenvalue weighted by atomic mass is 9.57. The van der Waals surface area contributed by atoms with Crippen molar-refractivity contribution in [1.82, 2.24) is 5.32 Å². The van der Waals surface area contributed by atoms with Crippen molar-refractivity contribution < 1.29 is 9.59 Å². The quantitative estimate of drug-likeness (QED) is 0.274. The summed E-state index contributed by atoms with van der Waals surface area (Å²) in [4.78, 5) is 34.3. The Balaban J connectivity index is 1.49. The third-order valence-electron chi connectivity index (χ3n) is 9.76. The van der Waals surface area contributed by atoms with E-state index in [2.05, 4.69) is 47.8 Å². The second kappa shape index (κ2) is 9.51. The second-order valence-electron chi connectivity index (χ2n) is 11.8. The summed E-state index contributed by atoms with van der Waals surface area (Å²) < 4.78 is 0. The molecule has 2 amide bonds. The summed E-state index contributed by atoms with van der Waals surface area (Å²) in [6.07, 6.45) is 0. The van der Waals surface area contributed by atoms with Crippen LogP contribution >= 0.6 is 0 Å². The molecule has 0 radical (unpaired) electrons. The molecular formula is C38H31N3O2. The van der Waals surface area contributed by atoms with Crippen molar-refractivity contribution in [2.24, 2.45) is 0 Å². The fourth-order valence-electron chi connectivity index (χ4n) is 8.10. The minimum Gasteiger partial charge on any atom is -0.313 e. The van der Waals surface area contributed by atoms with Crippen molar-refractivity contribution in [3.8, 4) is 0 Å². The summed E-state index contributed by atoms with van der Waals surface area (Å²) in [5, 5.41) is 3.92. The van der Waals surface area contributed by atoms with Crippen LogP contribution in [0.3, 0.4) is 0 Å². The van der Waals surface area contributed by atoms with Gasteiger partial charge in [0, 0.05) is 35.9 Å². The Morgan fingerprint density at radius 2 is 1.14 bits per heavy atom. The number of para-hydroxylation sites is 2. The number of carbonyl (C=O) groups excluding carboxylic acids is 2. The van der Waals surface area contributed by atoms with Gasteiger partial charge in [-0.15, -0.1) is 0 Å². The standard InChI is InChI=1S/C38H31N3O2/c1-40-31-23-13-12-22-30(31)38(36(40)43)37(33(27-17-7-3-8-18-27)34(39-38)28-19-9-4-10-20-28)29-21-11-14-24-32(29)41(35(37)42)25-26-15-5-2-6-16-26/h2-24,33-34,39H,25H2,1H3/t33-,34-,37-,38-/m1/s1. The van der Waals surface area contributed by atoms with E-state index in [9.17, 15) is 0 Å². The maximum absolute atomic E-state index is 15.7. The van der Waals surface area contributed by atoms with Crippen molar-refractivity contribution in [2.75, 3.05) is 16.8 Å². The van der Waals surface area contributed by atoms with Crippen LogP contribution in [0.4, 0.5) is 11.4 Å². The van der Waals surface area contributed by atoms with Crippen LogP contribution in [0.2, 0.25) is 0 Å². The number of nitrogens with one attached hydrogen (secondary N) is 1. The number of rotatable bonds is 4. The van der Waals surface area contributed by atoms with E-state index >= 15 is 9.59 Å². The van der Waals surface area contributed by atoms with Crippen LogP contribution in [-0.2, 0) is 27.1 Å². The maximum Gasteiger partial charge on any atom is 0.253 e. The van der Waals surface area contributed by atoms with E-state index in [0.717, 1.165) is 39.2 Å². The molecule has 2 spiro atoms. The van der Waals surface area contributed by atoms with Gasteiger partial charge in [0.15, 0.2) is 0 Å². The van der Waals surface area contributed by atoms with Crippen molar-refractivity contribution >= 4 is 23.2 Å². The highest BCUT2D eigenvalue weighted by atomic mass is 16.2. The molecule has 1 saturated heterocycles. The summed E-state index contributed by atoms with van der Waals surface area (Å²) in [5.74, 6) is -0.553. The van der Waals surface area contributed by atoms with Crippen molar-refractivity contribution in [3.63, 3.8) is 0 Å². The van der Waals surface area contributed by atoms with E-state index in [0.29, 0.717) is 6.54 Å². The van der Waals surface area contributed by atoms with Gasteiger partial charge in [0.1, 0.15) is 11.0 Å². The van der Waals surface area contributed by atoms with E-state index in [1.165, 1.54) is 0 Å². The van der Waals surface area contributed by atoms with Gasteiger partial charge in [-0.1, -0.05) is 127 Å². The predicted molar refractivity (Wildman–Crippen MR) is 169 cm³/mol. The minimum absolute atomic E-state index is 0.0595. The number of carbonyl (C=O) groups is 2. The number of hydrogen-bond acceptors (Lipinski definition) is 3. The van der Waals surface area contributed by atoms with E-state index in [-0.39, 0.29) is 23.8 Å². The van der Waals surface area contributed by atoms with Crippen molar-refractivity contribution in [1.29, 1.82) is 0 Å². The first-order valence-electron chi connectivity index (χ1n) is 14.8. The monoisotopic (exact) mass is 561 g/mol. The third-order valence-corrected chi connectivity index (χ3v) is 9.76. The smallest absolute Gasteiger partial charge is 0.253 e. The van der Waals surface area contributed by atoms with E-state index < -0.39 is 11.0 Å². The maximum atomic E-state index is 15.7. The van der Waals surface area contributed by atoms with Gasteiger partial charge >= 0.3 is 0 Å². The molecule has 0 aromatic heterocycles. The largest absolute Gasteiger partial charge is 0.313 e. The Morgan fingerprint density at radius 1 is 0.605 bits per heavy atom. The summed E-state index contributed by atoms with van der Waals surface area (Å²) in [6, 6.07) is 46.3. The molecule has 5 aromatic rings. The Morgan fingerprint density at radius 3 is 1.81 bits per heavy atom. The lowest BCUT2D eigenvalue weighted by molar-refractivity contribution is -0.134. The molecule has 4 atom stereocenters. The highest BCUT2D eigenvalue weighted by Crippen LogP contribution is 2.68. The number of benzene rings is 5.